The molecule has 6 heteroatoms. The molecule has 10 rings (SSSR count). The Kier molecular flexibility index (Phi) is 5.55. The molecule has 5 aromatic carbocycles. The second-order valence-electron chi connectivity index (χ2n) is 12.1. The third-order valence-corrected chi connectivity index (χ3v) is 9.47. The fourth-order valence-electron chi connectivity index (χ4n) is 7.40. The van der Waals surface area contributed by atoms with Crippen molar-refractivity contribution >= 4 is 83.5 Å². The molecule has 0 saturated heterocycles. The van der Waals surface area contributed by atoms with Crippen LogP contribution in [0.15, 0.2) is 132 Å². The standard InChI is InChI=1S/C42H27N5O/c1-3-11-37-26(4-2)32-15-9-14-27(41(32)48-37)25-19-21-35-36(24-25)46-34-18-8-7-17-33(34)44-42(46)47(35)38-22-20-31-29-13-6-5-12-28(29)30-16-10-23-43-39(30)40(31)45-38/h3-24H,2H2,1H3/b11-3-. The molecule has 0 amide bonds. The van der Waals surface area contributed by atoms with E-state index in [0.29, 0.717) is 0 Å². The van der Waals surface area contributed by atoms with Crippen molar-refractivity contribution < 1.29 is 4.42 Å². The number of para-hydroxylation sites is 3. The highest BCUT2D eigenvalue weighted by Gasteiger charge is 2.21. The van der Waals surface area contributed by atoms with Gasteiger partial charge in [-0.1, -0.05) is 85.5 Å². The summed E-state index contributed by atoms with van der Waals surface area (Å²) in [5.74, 6) is 2.39. The Labute approximate surface area is 274 Å². The Balaban J connectivity index is 1.28. The minimum atomic E-state index is 0.785. The molecular formula is C42H27N5O. The molecule has 0 atom stereocenters. The first-order valence-corrected chi connectivity index (χ1v) is 16.0. The smallest absolute Gasteiger partial charge is 0.221 e. The van der Waals surface area contributed by atoms with Crippen molar-refractivity contribution in [2.75, 3.05) is 0 Å². The summed E-state index contributed by atoms with van der Waals surface area (Å²) in [5.41, 5.74) is 9.66. The fourth-order valence-corrected chi connectivity index (χ4v) is 7.40. The lowest BCUT2D eigenvalue weighted by molar-refractivity contribution is 0.604. The molecule has 226 valence electrons. The van der Waals surface area contributed by atoms with Crippen LogP contribution >= 0.6 is 0 Å². The average molecular weight is 618 g/mol. The van der Waals surface area contributed by atoms with Crippen LogP contribution in [0.25, 0.3) is 100 Å². The van der Waals surface area contributed by atoms with Crippen molar-refractivity contribution in [1.82, 2.24) is 23.9 Å². The third kappa shape index (κ3) is 3.59. The number of aromatic nitrogens is 5. The molecule has 0 aliphatic carbocycles. The van der Waals surface area contributed by atoms with Gasteiger partial charge in [0.25, 0.3) is 0 Å². The largest absolute Gasteiger partial charge is 0.455 e. The number of benzene rings is 5. The van der Waals surface area contributed by atoms with Crippen molar-refractivity contribution in [2.24, 2.45) is 0 Å². The molecule has 0 fully saturated rings. The topological polar surface area (TPSA) is 61.2 Å². The number of nitrogens with zero attached hydrogens (tertiary/aromatic N) is 5. The van der Waals surface area contributed by atoms with E-state index < -0.39 is 0 Å². The van der Waals surface area contributed by atoms with Crippen molar-refractivity contribution in [3.05, 3.63) is 139 Å². The van der Waals surface area contributed by atoms with Gasteiger partial charge >= 0.3 is 0 Å². The van der Waals surface area contributed by atoms with Crippen LogP contribution in [0, 0.1) is 0 Å². The van der Waals surface area contributed by atoms with Crippen LogP contribution < -0.4 is 0 Å². The first-order chi connectivity index (χ1) is 23.7. The monoisotopic (exact) mass is 617 g/mol. The SMILES string of the molecule is C=Cc1c(/C=C\C)oc2c(-c3ccc4c(c3)n3c5ccccc5nc3n4-c3ccc4c5ccccc5c5cccnc5c4n3)cccc12. The second-order valence-corrected chi connectivity index (χ2v) is 12.1. The molecule has 5 aromatic heterocycles. The number of imidazole rings is 2. The van der Waals surface area contributed by atoms with Crippen molar-refractivity contribution in [1.29, 1.82) is 0 Å². The first-order valence-electron chi connectivity index (χ1n) is 16.0. The van der Waals surface area contributed by atoms with E-state index in [0.717, 1.165) is 94.3 Å². The molecule has 0 aliphatic heterocycles. The summed E-state index contributed by atoms with van der Waals surface area (Å²) in [6.45, 7) is 6.05. The van der Waals surface area contributed by atoms with Gasteiger partial charge in [-0.15, -0.1) is 0 Å². The average Bonchev–Trinajstić information content (AvgIpc) is 3.79. The summed E-state index contributed by atoms with van der Waals surface area (Å²) < 4.78 is 10.9. The summed E-state index contributed by atoms with van der Waals surface area (Å²) in [6, 6.07) is 38.0. The lowest BCUT2D eigenvalue weighted by Crippen LogP contribution is -1.99. The van der Waals surface area contributed by atoms with Gasteiger partial charge in [0.1, 0.15) is 17.2 Å². The van der Waals surface area contributed by atoms with E-state index in [2.05, 4.69) is 113 Å². The van der Waals surface area contributed by atoms with Gasteiger partial charge in [0.05, 0.1) is 33.1 Å². The number of allylic oxidation sites excluding steroid dienone is 1. The number of pyridine rings is 2. The highest BCUT2D eigenvalue weighted by Crippen LogP contribution is 2.39. The van der Waals surface area contributed by atoms with Gasteiger partial charge in [-0.05, 0) is 71.8 Å². The Morgan fingerprint density at radius 1 is 0.688 bits per heavy atom. The Morgan fingerprint density at radius 3 is 2.33 bits per heavy atom. The zero-order chi connectivity index (χ0) is 31.9. The zero-order valence-electron chi connectivity index (χ0n) is 26.1. The number of furan rings is 1. The van der Waals surface area contributed by atoms with E-state index in [1.165, 1.54) is 5.39 Å². The van der Waals surface area contributed by atoms with Gasteiger partial charge in [0, 0.05) is 33.5 Å². The van der Waals surface area contributed by atoms with E-state index >= 15 is 0 Å². The van der Waals surface area contributed by atoms with E-state index in [4.69, 9.17) is 19.4 Å². The molecule has 0 radical (unpaired) electrons. The van der Waals surface area contributed by atoms with Crippen LogP contribution in [-0.2, 0) is 0 Å². The first kappa shape index (κ1) is 26.7. The van der Waals surface area contributed by atoms with Crippen molar-refractivity contribution in [3.8, 4) is 16.9 Å². The lowest BCUT2D eigenvalue weighted by Gasteiger charge is -2.11. The van der Waals surface area contributed by atoms with Crippen LogP contribution in [0.3, 0.4) is 0 Å². The minimum absolute atomic E-state index is 0.785. The highest BCUT2D eigenvalue weighted by atomic mass is 16.3. The predicted molar refractivity (Wildman–Crippen MR) is 198 cm³/mol. The van der Waals surface area contributed by atoms with Crippen LogP contribution in [0.5, 0.6) is 0 Å². The molecule has 0 spiro atoms. The maximum atomic E-state index is 6.45. The highest BCUT2D eigenvalue weighted by molar-refractivity contribution is 6.23. The molecular weight excluding hydrogens is 590 g/mol. The minimum Gasteiger partial charge on any atom is -0.455 e. The maximum Gasteiger partial charge on any atom is 0.221 e. The summed E-state index contributed by atoms with van der Waals surface area (Å²) >= 11 is 0. The van der Waals surface area contributed by atoms with Gasteiger partial charge < -0.3 is 4.42 Å². The van der Waals surface area contributed by atoms with Gasteiger partial charge in [-0.3, -0.25) is 14.0 Å². The van der Waals surface area contributed by atoms with Gasteiger partial charge in [0.2, 0.25) is 5.78 Å². The van der Waals surface area contributed by atoms with Crippen LogP contribution in [-0.4, -0.2) is 23.9 Å². The van der Waals surface area contributed by atoms with Crippen LogP contribution in [0.4, 0.5) is 0 Å². The van der Waals surface area contributed by atoms with Crippen molar-refractivity contribution in [2.45, 2.75) is 6.92 Å². The van der Waals surface area contributed by atoms with E-state index in [-0.39, 0.29) is 0 Å². The molecule has 0 aliphatic rings. The van der Waals surface area contributed by atoms with Crippen LogP contribution in [0.2, 0.25) is 0 Å². The summed E-state index contributed by atoms with van der Waals surface area (Å²) in [6.07, 6.45) is 7.69. The van der Waals surface area contributed by atoms with E-state index in [9.17, 15) is 0 Å². The van der Waals surface area contributed by atoms with Gasteiger partial charge in [-0.2, -0.15) is 0 Å². The van der Waals surface area contributed by atoms with Gasteiger partial charge in [-0.25, -0.2) is 9.97 Å². The number of hydrogen-bond acceptors (Lipinski definition) is 4. The predicted octanol–water partition coefficient (Wildman–Crippen LogP) is 10.8. The molecule has 0 N–H and O–H groups in total. The Hall–Kier alpha value is -6.53. The van der Waals surface area contributed by atoms with Gasteiger partial charge in [0.15, 0.2) is 0 Å². The maximum absolute atomic E-state index is 6.45. The molecule has 6 nitrogen and oxygen atoms in total. The quantitative estimate of drug-likeness (QED) is 0.184. The molecule has 5 heterocycles. The Morgan fingerprint density at radius 2 is 1.48 bits per heavy atom. The number of fused-ring (bicyclic) bond motifs is 12. The summed E-state index contributed by atoms with van der Waals surface area (Å²) in [5, 5.41) is 5.54. The summed E-state index contributed by atoms with van der Waals surface area (Å²) in [4.78, 5) is 15.3. The third-order valence-electron chi connectivity index (χ3n) is 9.47. The zero-order valence-corrected chi connectivity index (χ0v) is 26.1. The molecule has 48 heavy (non-hydrogen) atoms. The summed E-state index contributed by atoms with van der Waals surface area (Å²) in [7, 11) is 0. The second kappa shape index (κ2) is 9.98. The lowest BCUT2D eigenvalue weighted by atomic mass is 10.00. The normalized spacial score (nSPS) is 12.3. The van der Waals surface area contributed by atoms with E-state index in [1.54, 1.807) is 0 Å². The number of hydrogen-bond donors (Lipinski definition) is 0. The molecule has 0 unspecified atom stereocenters. The number of rotatable bonds is 4. The van der Waals surface area contributed by atoms with Crippen LogP contribution in [0.1, 0.15) is 18.2 Å². The Bertz CT molecular complexity index is 2960. The molecule has 10 aromatic rings. The van der Waals surface area contributed by atoms with Crippen molar-refractivity contribution in [3.63, 3.8) is 0 Å². The fraction of sp³-hybridized carbons (Fsp3) is 0.0238. The molecule has 0 saturated carbocycles. The molecule has 0 bridgehead atoms. The van der Waals surface area contributed by atoms with E-state index in [1.807, 2.05) is 43.5 Å².